The van der Waals surface area contributed by atoms with Crippen LogP contribution < -0.4 is 10.6 Å². The fraction of sp³-hybridized carbons (Fsp3) is 0.273. The van der Waals surface area contributed by atoms with E-state index in [-0.39, 0.29) is 11.8 Å². The van der Waals surface area contributed by atoms with Gasteiger partial charge in [0.25, 0.3) is 0 Å². The van der Waals surface area contributed by atoms with Crippen LogP contribution in [0.25, 0.3) is 10.2 Å². The van der Waals surface area contributed by atoms with Crippen LogP contribution >= 0.6 is 11.3 Å². The summed E-state index contributed by atoms with van der Waals surface area (Å²) in [5.41, 5.74) is 3.65. The number of benzene rings is 1. The van der Waals surface area contributed by atoms with Gasteiger partial charge in [-0.3, -0.25) is 4.79 Å². The normalized spacial score (nSPS) is 16.0. The third kappa shape index (κ3) is 1.68. The Hall–Kier alpha value is -1.46. The maximum absolute atomic E-state index is 11.7. The zero-order valence-electron chi connectivity index (χ0n) is 8.56. The lowest BCUT2D eigenvalue weighted by molar-refractivity contribution is -0.121. The summed E-state index contributed by atoms with van der Waals surface area (Å²) in [7, 11) is 0. The molecular formula is C11H11N3OS. The van der Waals surface area contributed by atoms with E-state index in [9.17, 15) is 4.79 Å². The molecule has 0 bridgehead atoms. The first kappa shape index (κ1) is 9.74. The molecule has 0 aliphatic carbocycles. The first-order chi connectivity index (χ1) is 7.83. The van der Waals surface area contributed by atoms with Crippen LogP contribution in [0.3, 0.4) is 0 Å². The third-order valence-corrected chi connectivity index (χ3v) is 3.54. The first-order valence-electron chi connectivity index (χ1n) is 5.18. The lowest BCUT2D eigenvalue weighted by Gasteiger charge is -2.25. The summed E-state index contributed by atoms with van der Waals surface area (Å²) in [6.07, 6.45) is 0. The first-order valence-corrected chi connectivity index (χ1v) is 6.06. The molecule has 1 saturated heterocycles. The predicted molar refractivity (Wildman–Crippen MR) is 64.6 cm³/mol. The van der Waals surface area contributed by atoms with Crippen LogP contribution in [0.4, 0.5) is 5.69 Å². The molecule has 0 radical (unpaired) electrons. The fourth-order valence-electron chi connectivity index (χ4n) is 1.65. The smallest absolute Gasteiger partial charge is 0.230 e. The van der Waals surface area contributed by atoms with E-state index in [4.69, 9.17) is 0 Å². The van der Waals surface area contributed by atoms with Crippen molar-refractivity contribution in [1.29, 1.82) is 0 Å². The van der Waals surface area contributed by atoms with Crippen LogP contribution in [0.2, 0.25) is 0 Å². The maximum atomic E-state index is 11.7. The van der Waals surface area contributed by atoms with Crippen molar-refractivity contribution in [1.82, 2.24) is 10.3 Å². The Bertz CT molecular complexity index is 533. The number of carbonyl (C=O) groups excluding carboxylic acids is 1. The van der Waals surface area contributed by atoms with Gasteiger partial charge in [-0.2, -0.15) is 0 Å². The monoisotopic (exact) mass is 233 g/mol. The SMILES string of the molecule is O=C(Nc1ccc2ncsc2c1)C1CNC1. The summed E-state index contributed by atoms with van der Waals surface area (Å²) >= 11 is 1.58. The molecule has 2 N–H and O–H groups in total. The third-order valence-electron chi connectivity index (χ3n) is 2.75. The highest BCUT2D eigenvalue weighted by Gasteiger charge is 2.24. The van der Waals surface area contributed by atoms with Gasteiger partial charge >= 0.3 is 0 Å². The van der Waals surface area contributed by atoms with Gasteiger partial charge in [-0.05, 0) is 18.2 Å². The van der Waals surface area contributed by atoms with E-state index in [0.29, 0.717) is 0 Å². The van der Waals surface area contributed by atoms with Crippen molar-refractivity contribution in [2.75, 3.05) is 18.4 Å². The lowest BCUT2D eigenvalue weighted by atomic mass is 10.0. The minimum absolute atomic E-state index is 0.0996. The summed E-state index contributed by atoms with van der Waals surface area (Å²) in [6, 6.07) is 5.80. The van der Waals surface area contributed by atoms with Crippen molar-refractivity contribution in [3.05, 3.63) is 23.7 Å². The van der Waals surface area contributed by atoms with Crippen molar-refractivity contribution in [2.24, 2.45) is 5.92 Å². The Kier molecular flexibility index (Phi) is 2.34. The van der Waals surface area contributed by atoms with Crippen LogP contribution in [0.5, 0.6) is 0 Å². The molecule has 1 aliphatic heterocycles. The lowest BCUT2D eigenvalue weighted by Crippen LogP contribution is -2.48. The number of anilines is 1. The number of hydrogen-bond acceptors (Lipinski definition) is 4. The maximum Gasteiger partial charge on any atom is 0.230 e. The van der Waals surface area contributed by atoms with Crippen molar-refractivity contribution in [3.63, 3.8) is 0 Å². The molecule has 5 heteroatoms. The topological polar surface area (TPSA) is 54.0 Å². The highest BCUT2D eigenvalue weighted by Crippen LogP contribution is 2.22. The molecule has 16 heavy (non-hydrogen) atoms. The number of carbonyl (C=O) groups is 1. The summed E-state index contributed by atoms with van der Waals surface area (Å²) < 4.78 is 1.10. The molecule has 0 saturated carbocycles. The van der Waals surface area contributed by atoms with E-state index in [2.05, 4.69) is 15.6 Å². The molecule has 4 nitrogen and oxygen atoms in total. The quantitative estimate of drug-likeness (QED) is 0.825. The van der Waals surface area contributed by atoms with E-state index in [1.54, 1.807) is 11.3 Å². The number of amides is 1. The van der Waals surface area contributed by atoms with Crippen LogP contribution in [0.15, 0.2) is 23.7 Å². The second-order valence-corrected chi connectivity index (χ2v) is 4.77. The van der Waals surface area contributed by atoms with Crippen molar-refractivity contribution in [2.45, 2.75) is 0 Å². The Balaban J connectivity index is 1.80. The number of rotatable bonds is 2. The zero-order valence-corrected chi connectivity index (χ0v) is 9.38. The molecule has 1 fully saturated rings. The minimum Gasteiger partial charge on any atom is -0.326 e. The van der Waals surface area contributed by atoms with Gasteiger partial charge in [0.05, 0.1) is 21.6 Å². The summed E-state index contributed by atoms with van der Waals surface area (Å²) in [5.74, 6) is 0.222. The molecule has 2 aromatic rings. The Morgan fingerprint density at radius 2 is 2.38 bits per heavy atom. The average molecular weight is 233 g/mol. The Morgan fingerprint density at radius 3 is 3.12 bits per heavy atom. The van der Waals surface area contributed by atoms with Crippen LogP contribution in [-0.4, -0.2) is 24.0 Å². The van der Waals surface area contributed by atoms with Gasteiger partial charge in [0.15, 0.2) is 0 Å². The fourth-order valence-corrected chi connectivity index (χ4v) is 2.37. The minimum atomic E-state index is 0.0996. The molecule has 1 aromatic carbocycles. The Labute approximate surface area is 96.7 Å². The molecule has 0 spiro atoms. The Morgan fingerprint density at radius 1 is 1.50 bits per heavy atom. The number of nitrogens with zero attached hydrogens (tertiary/aromatic N) is 1. The standard InChI is InChI=1S/C11H11N3OS/c15-11(7-4-12-5-7)14-8-1-2-9-10(3-8)16-6-13-9/h1-3,6-7,12H,4-5H2,(H,14,15). The van der Waals surface area contributed by atoms with Crippen molar-refractivity contribution >= 4 is 33.1 Å². The van der Waals surface area contributed by atoms with Gasteiger partial charge in [0.2, 0.25) is 5.91 Å². The number of hydrogen-bond donors (Lipinski definition) is 2. The van der Waals surface area contributed by atoms with Crippen LogP contribution in [0, 0.1) is 5.92 Å². The van der Waals surface area contributed by atoms with Gasteiger partial charge in [-0.1, -0.05) is 0 Å². The predicted octanol–water partition coefficient (Wildman–Crippen LogP) is 1.45. The second kappa shape index (κ2) is 3.84. The molecule has 1 aromatic heterocycles. The van der Waals surface area contributed by atoms with E-state index >= 15 is 0 Å². The van der Waals surface area contributed by atoms with E-state index in [1.165, 1.54) is 0 Å². The molecular weight excluding hydrogens is 222 g/mol. The van der Waals surface area contributed by atoms with Gasteiger partial charge in [-0.15, -0.1) is 11.3 Å². The summed E-state index contributed by atoms with van der Waals surface area (Å²) in [5, 5.41) is 6.01. The van der Waals surface area contributed by atoms with Gasteiger partial charge in [0.1, 0.15) is 0 Å². The highest BCUT2D eigenvalue weighted by molar-refractivity contribution is 7.16. The average Bonchev–Trinajstić information content (AvgIpc) is 2.61. The number of thiazole rings is 1. The molecule has 0 unspecified atom stereocenters. The second-order valence-electron chi connectivity index (χ2n) is 3.88. The van der Waals surface area contributed by atoms with E-state index < -0.39 is 0 Å². The molecule has 3 rings (SSSR count). The van der Waals surface area contributed by atoms with Crippen molar-refractivity contribution in [3.8, 4) is 0 Å². The number of nitrogens with one attached hydrogen (secondary N) is 2. The van der Waals surface area contributed by atoms with E-state index in [0.717, 1.165) is 29.0 Å². The molecule has 0 atom stereocenters. The van der Waals surface area contributed by atoms with Crippen molar-refractivity contribution < 1.29 is 4.79 Å². The molecule has 82 valence electrons. The number of aromatic nitrogens is 1. The largest absolute Gasteiger partial charge is 0.326 e. The summed E-state index contributed by atoms with van der Waals surface area (Å²) in [6.45, 7) is 1.57. The summed E-state index contributed by atoms with van der Waals surface area (Å²) in [4.78, 5) is 15.9. The zero-order chi connectivity index (χ0) is 11.0. The van der Waals surface area contributed by atoms with E-state index in [1.807, 2.05) is 23.7 Å². The molecule has 1 amide bonds. The molecule has 1 aliphatic rings. The van der Waals surface area contributed by atoms with Crippen LogP contribution in [0.1, 0.15) is 0 Å². The highest BCUT2D eigenvalue weighted by atomic mass is 32.1. The van der Waals surface area contributed by atoms with Gasteiger partial charge in [0, 0.05) is 18.8 Å². The van der Waals surface area contributed by atoms with Gasteiger partial charge < -0.3 is 10.6 Å². The van der Waals surface area contributed by atoms with Crippen LogP contribution in [-0.2, 0) is 4.79 Å². The number of fused-ring (bicyclic) bond motifs is 1. The van der Waals surface area contributed by atoms with Gasteiger partial charge in [-0.25, -0.2) is 4.98 Å². The molecule has 2 heterocycles.